The highest BCUT2D eigenvalue weighted by atomic mass is 16.6. The molecule has 1 N–H and O–H groups in total. The lowest BCUT2D eigenvalue weighted by Crippen LogP contribution is -2.47. The molecular weight excluding hydrogens is 272 g/mol. The first kappa shape index (κ1) is 15.4. The van der Waals surface area contributed by atoms with Crippen molar-refractivity contribution < 1.29 is 18.7 Å². The van der Waals surface area contributed by atoms with Crippen molar-refractivity contribution in [1.82, 2.24) is 10.2 Å². The van der Waals surface area contributed by atoms with Crippen LogP contribution in [0.3, 0.4) is 0 Å². The maximum absolute atomic E-state index is 11.9. The molecule has 2 heterocycles. The van der Waals surface area contributed by atoms with E-state index in [4.69, 9.17) is 9.15 Å². The summed E-state index contributed by atoms with van der Waals surface area (Å²) in [6.07, 6.45) is 4.05. The molecule has 1 saturated heterocycles. The second kappa shape index (κ2) is 6.20. The molecule has 0 unspecified atom stereocenters. The number of amides is 2. The second-order valence-corrected chi connectivity index (χ2v) is 6.23. The van der Waals surface area contributed by atoms with E-state index < -0.39 is 5.60 Å². The van der Waals surface area contributed by atoms with Crippen LogP contribution >= 0.6 is 0 Å². The maximum Gasteiger partial charge on any atom is 0.410 e. The topological polar surface area (TPSA) is 71.8 Å². The Morgan fingerprint density at radius 3 is 2.52 bits per heavy atom. The van der Waals surface area contributed by atoms with Gasteiger partial charge in [-0.1, -0.05) is 0 Å². The number of ether oxygens (including phenoxy) is 1. The van der Waals surface area contributed by atoms with Gasteiger partial charge in [0, 0.05) is 19.1 Å². The second-order valence-electron chi connectivity index (χ2n) is 6.23. The van der Waals surface area contributed by atoms with Gasteiger partial charge in [0.2, 0.25) is 0 Å². The number of carbonyl (C=O) groups excluding carboxylic acids is 2. The molecule has 2 rings (SSSR count). The van der Waals surface area contributed by atoms with Gasteiger partial charge in [-0.2, -0.15) is 0 Å². The maximum atomic E-state index is 11.9. The molecule has 0 aliphatic carbocycles. The SMILES string of the molecule is CC(C)(C)OC(=O)N1CCC(NC(=O)c2ccoc2)CC1. The summed E-state index contributed by atoms with van der Waals surface area (Å²) in [5, 5.41) is 2.95. The predicted molar refractivity (Wildman–Crippen MR) is 77.0 cm³/mol. The van der Waals surface area contributed by atoms with Crippen LogP contribution < -0.4 is 5.32 Å². The molecular formula is C15H22N2O4. The van der Waals surface area contributed by atoms with Gasteiger partial charge in [-0.05, 0) is 39.7 Å². The number of rotatable bonds is 2. The van der Waals surface area contributed by atoms with Crippen molar-refractivity contribution in [2.75, 3.05) is 13.1 Å². The smallest absolute Gasteiger partial charge is 0.410 e. The molecule has 0 atom stereocenters. The van der Waals surface area contributed by atoms with E-state index >= 15 is 0 Å². The summed E-state index contributed by atoms with van der Waals surface area (Å²) in [6.45, 7) is 6.73. The highest BCUT2D eigenvalue weighted by Gasteiger charge is 2.27. The number of hydrogen-bond donors (Lipinski definition) is 1. The molecule has 1 aliphatic heterocycles. The van der Waals surface area contributed by atoms with E-state index in [1.165, 1.54) is 12.5 Å². The van der Waals surface area contributed by atoms with Crippen molar-refractivity contribution in [2.24, 2.45) is 0 Å². The minimum atomic E-state index is -0.483. The zero-order chi connectivity index (χ0) is 15.5. The summed E-state index contributed by atoms with van der Waals surface area (Å²) in [4.78, 5) is 25.5. The minimum Gasteiger partial charge on any atom is -0.472 e. The normalized spacial score (nSPS) is 16.6. The lowest BCUT2D eigenvalue weighted by Gasteiger charge is -2.33. The van der Waals surface area contributed by atoms with E-state index in [0.717, 1.165) is 12.8 Å². The lowest BCUT2D eigenvalue weighted by molar-refractivity contribution is 0.0199. The Labute approximate surface area is 124 Å². The highest BCUT2D eigenvalue weighted by Crippen LogP contribution is 2.16. The Morgan fingerprint density at radius 1 is 1.33 bits per heavy atom. The largest absolute Gasteiger partial charge is 0.472 e. The Kier molecular flexibility index (Phi) is 4.55. The summed E-state index contributed by atoms with van der Waals surface area (Å²) >= 11 is 0. The molecule has 116 valence electrons. The standard InChI is InChI=1S/C15H22N2O4/c1-15(2,3)21-14(19)17-7-4-12(5-8-17)16-13(18)11-6-9-20-10-11/h6,9-10,12H,4-5,7-8H2,1-3H3,(H,16,18). The monoisotopic (exact) mass is 294 g/mol. The first-order valence-corrected chi connectivity index (χ1v) is 7.16. The minimum absolute atomic E-state index is 0.0751. The molecule has 0 radical (unpaired) electrons. The first-order valence-electron chi connectivity index (χ1n) is 7.16. The first-order chi connectivity index (χ1) is 9.85. The van der Waals surface area contributed by atoms with Crippen LogP contribution in [0.2, 0.25) is 0 Å². The van der Waals surface area contributed by atoms with Crippen LogP contribution in [0.1, 0.15) is 44.0 Å². The number of nitrogens with zero attached hydrogens (tertiary/aromatic N) is 1. The third-order valence-corrected chi connectivity index (χ3v) is 3.27. The van der Waals surface area contributed by atoms with E-state index in [9.17, 15) is 9.59 Å². The highest BCUT2D eigenvalue weighted by molar-refractivity contribution is 5.93. The third-order valence-electron chi connectivity index (χ3n) is 3.27. The molecule has 0 spiro atoms. The van der Waals surface area contributed by atoms with Crippen LogP contribution in [0.5, 0.6) is 0 Å². The number of piperidine rings is 1. The fraction of sp³-hybridized carbons (Fsp3) is 0.600. The van der Waals surface area contributed by atoms with Crippen molar-refractivity contribution in [3.63, 3.8) is 0 Å². The summed E-state index contributed by atoms with van der Waals surface area (Å²) in [5.41, 5.74) is 0.0354. The number of likely N-dealkylation sites (tertiary alicyclic amines) is 1. The summed E-state index contributed by atoms with van der Waals surface area (Å²) < 4.78 is 10.2. The van der Waals surface area contributed by atoms with E-state index in [2.05, 4.69) is 5.32 Å². The van der Waals surface area contributed by atoms with Crippen molar-refractivity contribution in [3.05, 3.63) is 24.2 Å². The number of furan rings is 1. The van der Waals surface area contributed by atoms with Crippen molar-refractivity contribution >= 4 is 12.0 Å². The molecule has 1 fully saturated rings. The van der Waals surface area contributed by atoms with Crippen molar-refractivity contribution in [1.29, 1.82) is 0 Å². The molecule has 1 aromatic rings. The Hall–Kier alpha value is -1.98. The van der Waals surface area contributed by atoms with Gasteiger partial charge in [-0.25, -0.2) is 4.79 Å². The molecule has 2 amide bonds. The average Bonchev–Trinajstić information content (AvgIpc) is 2.91. The Morgan fingerprint density at radius 2 is 2.00 bits per heavy atom. The van der Waals surface area contributed by atoms with Gasteiger partial charge in [0.25, 0.3) is 5.91 Å². The third kappa shape index (κ3) is 4.51. The number of carbonyl (C=O) groups is 2. The van der Waals surface area contributed by atoms with Crippen LogP contribution in [0, 0.1) is 0 Å². The summed E-state index contributed by atoms with van der Waals surface area (Å²) in [7, 11) is 0. The van der Waals surface area contributed by atoms with Crippen molar-refractivity contribution in [3.8, 4) is 0 Å². The Balaban J connectivity index is 1.78. The van der Waals surface area contributed by atoms with Gasteiger partial charge in [-0.3, -0.25) is 4.79 Å². The van der Waals surface area contributed by atoms with Gasteiger partial charge < -0.3 is 19.4 Å². The average molecular weight is 294 g/mol. The fourth-order valence-electron chi connectivity index (χ4n) is 2.20. The Bertz CT molecular complexity index is 482. The van der Waals surface area contributed by atoms with Crippen LogP contribution in [0.25, 0.3) is 0 Å². The van der Waals surface area contributed by atoms with Gasteiger partial charge >= 0.3 is 6.09 Å². The quantitative estimate of drug-likeness (QED) is 0.909. The molecule has 6 nitrogen and oxygen atoms in total. The van der Waals surface area contributed by atoms with Gasteiger partial charge in [0.05, 0.1) is 11.8 Å². The molecule has 1 aliphatic rings. The molecule has 0 bridgehead atoms. The van der Waals surface area contributed by atoms with Crippen LogP contribution in [-0.2, 0) is 4.74 Å². The number of nitrogens with one attached hydrogen (secondary N) is 1. The van der Waals surface area contributed by atoms with E-state index in [1.54, 1.807) is 11.0 Å². The predicted octanol–water partition coefficient (Wildman–Crippen LogP) is 2.41. The summed E-state index contributed by atoms with van der Waals surface area (Å²) in [5.74, 6) is -0.139. The molecule has 6 heteroatoms. The fourth-order valence-corrected chi connectivity index (χ4v) is 2.20. The van der Waals surface area contributed by atoms with Crippen molar-refractivity contribution in [2.45, 2.75) is 45.3 Å². The molecule has 21 heavy (non-hydrogen) atoms. The molecule has 0 saturated carbocycles. The zero-order valence-corrected chi connectivity index (χ0v) is 12.7. The lowest BCUT2D eigenvalue weighted by atomic mass is 10.1. The zero-order valence-electron chi connectivity index (χ0n) is 12.7. The molecule has 0 aromatic carbocycles. The van der Waals surface area contributed by atoms with Crippen LogP contribution in [-0.4, -0.2) is 41.6 Å². The molecule has 1 aromatic heterocycles. The van der Waals surface area contributed by atoms with Gasteiger partial charge in [-0.15, -0.1) is 0 Å². The van der Waals surface area contributed by atoms with Crippen LogP contribution in [0.15, 0.2) is 23.0 Å². The van der Waals surface area contributed by atoms with E-state index in [1.807, 2.05) is 20.8 Å². The number of hydrogen-bond acceptors (Lipinski definition) is 4. The van der Waals surface area contributed by atoms with E-state index in [0.29, 0.717) is 18.7 Å². The van der Waals surface area contributed by atoms with E-state index in [-0.39, 0.29) is 18.0 Å². The summed E-state index contributed by atoms with van der Waals surface area (Å²) in [6, 6.07) is 1.71. The van der Waals surface area contributed by atoms with Gasteiger partial charge in [0.1, 0.15) is 11.9 Å². The van der Waals surface area contributed by atoms with Crippen LogP contribution in [0.4, 0.5) is 4.79 Å². The van der Waals surface area contributed by atoms with Gasteiger partial charge in [0.15, 0.2) is 0 Å².